The Morgan fingerprint density at radius 2 is 1.19 bits per heavy atom. The molecule has 0 aliphatic heterocycles. The van der Waals surface area contributed by atoms with Gasteiger partial charge >= 0.3 is 11.9 Å². The Morgan fingerprint density at radius 3 is 1.46 bits per heavy atom. The van der Waals surface area contributed by atoms with Crippen LogP contribution in [0.2, 0.25) is 0 Å². The van der Waals surface area contributed by atoms with Crippen LogP contribution in [0, 0.1) is 0 Å². The Balaban J connectivity index is 1.95. The van der Waals surface area contributed by atoms with Gasteiger partial charge < -0.3 is 19.3 Å². The average Bonchev–Trinajstić information content (AvgIpc) is 2.65. The monoisotopic (exact) mass is 377 g/mol. The molecule has 2 aromatic rings. The highest BCUT2D eigenvalue weighted by molar-refractivity contribution is 7.55. The predicted molar refractivity (Wildman–Crippen MR) is 97.6 cm³/mol. The molecule has 2 aromatic carbocycles. The van der Waals surface area contributed by atoms with Gasteiger partial charge in [0.05, 0.1) is 24.3 Å². The smallest absolute Gasteiger partial charge is 0.335 e. The van der Waals surface area contributed by atoms with E-state index in [0.29, 0.717) is 0 Å². The molecule has 0 aromatic heterocycles. The van der Waals surface area contributed by atoms with E-state index in [4.69, 9.17) is 19.3 Å². The molecule has 8 heteroatoms. The molecule has 0 spiro atoms. The summed E-state index contributed by atoms with van der Waals surface area (Å²) < 4.78 is 15.9. The molecule has 138 valence electrons. The number of hydrogen-bond donors (Lipinski definition) is 2. The van der Waals surface area contributed by atoms with Gasteiger partial charge in [-0.3, -0.25) is 4.74 Å². The zero-order chi connectivity index (χ0) is 19.2. The van der Waals surface area contributed by atoms with E-state index in [-0.39, 0.29) is 24.3 Å². The van der Waals surface area contributed by atoms with Crippen molar-refractivity contribution in [2.75, 3.05) is 13.7 Å². The summed E-state index contributed by atoms with van der Waals surface area (Å²) in [7, 11) is -0.831. The van der Waals surface area contributed by atoms with Gasteiger partial charge in [0, 0.05) is 13.7 Å². The molecular formula is C18H20NO6P. The summed E-state index contributed by atoms with van der Waals surface area (Å²) in [5, 5.41) is 17.8. The van der Waals surface area contributed by atoms with E-state index in [0.717, 1.165) is 11.1 Å². The minimum absolute atomic E-state index is 0.215. The molecule has 2 N–H and O–H groups in total. The van der Waals surface area contributed by atoms with Gasteiger partial charge in [-0.2, -0.15) is 0 Å². The number of carboxylic acid groups (broad SMARTS) is 2. The summed E-state index contributed by atoms with van der Waals surface area (Å²) >= 11 is 0. The highest BCUT2D eigenvalue weighted by Crippen LogP contribution is 2.49. The fourth-order valence-electron chi connectivity index (χ4n) is 2.03. The third kappa shape index (κ3) is 5.52. The van der Waals surface area contributed by atoms with Crippen molar-refractivity contribution in [1.82, 2.24) is 0 Å². The second-order valence-corrected chi connectivity index (χ2v) is 8.08. The lowest BCUT2D eigenvalue weighted by molar-refractivity contribution is 0.0686. The summed E-state index contributed by atoms with van der Waals surface area (Å²) in [5.74, 6) is -1.95. The third-order valence-electron chi connectivity index (χ3n) is 3.71. The zero-order valence-corrected chi connectivity index (χ0v) is 15.3. The van der Waals surface area contributed by atoms with Crippen LogP contribution in [-0.4, -0.2) is 35.9 Å². The summed E-state index contributed by atoms with van der Waals surface area (Å²) in [5.41, 5.74) is 2.07. The van der Waals surface area contributed by atoms with E-state index < -0.39 is 19.4 Å². The minimum Gasteiger partial charge on any atom is -0.478 e. The van der Waals surface area contributed by atoms with Crippen molar-refractivity contribution in [3.8, 4) is 0 Å². The molecule has 2 rings (SSSR count). The zero-order valence-electron chi connectivity index (χ0n) is 14.5. The number of benzene rings is 2. The van der Waals surface area contributed by atoms with Gasteiger partial charge in [0.1, 0.15) is 0 Å². The van der Waals surface area contributed by atoms with Crippen LogP contribution in [0.1, 0.15) is 31.8 Å². The summed E-state index contributed by atoms with van der Waals surface area (Å²) in [6, 6.07) is 12.8. The van der Waals surface area contributed by atoms with Crippen molar-refractivity contribution in [2.45, 2.75) is 13.2 Å². The molecule has 0 bridgehead atoms. The summed E-state index contributed by atoms with van der Waals surface area (Å²) in [6.45, 7) is 2.28. The lowest BCUT2D eigenvalue weighted by Gasteiger charge is -2.20. The molecule has 0 radical (unpaired) electrons. The van der Waals surface area contributed by atoms with Crippen molar-refractivity contribution < 1.29 is 28.8 Å². The molecule has 0 aliphatic rings. The van der Waals surface area contributed by atoms with Crippen LogP contribution in [0.25, 0.3) is 0 Å². The van der Waals surface area contributed by atoms with Gasteiger partial charge in [-0.25, -0.2) is 9.59 Å². The lowest BCUT2D eigenvalue weighted by Crippen LogP contribution is -2.00. The van der Waals surface area contributed by atoms with Crippen LogP contribution in [0.5, 0.6) is 0 Å². The number of carboxylic acids is 2. The Hall–Kier alpha value is -2.47. The fraction of sp³-hybridized carbons (Fsp3) is 0.222. The first-order chi connectivity index (χ1) is 12.3. The highest BCUT2D eigenvalue weighted by Gasteiger charge is 2.15. The van der Waals surface area contributed by atoms with Crippen molar-refractivity contribution in [3.63, 3.8) is 0 Å². The van der Waals surface area contributed by atoms with E-state index in [1.165, 1.54) is 24.3 Å². The molecule has 0 saturated carbocycles. The first kappa shape index (κ1) is 19.8. The topological polar surface area (TPSA) is 105 Å². The van der Waals surface area contributed by atoms with Crippen LogP contribution in [0.15, 0.2) is 53.3 Å². The molecule has 0 atom stereocenters. The summed E-state index contributed by atoms with van der Waals surface area (Å²) in [4.78, 5) is 21.7. The SMILES string of the molecule is CN=P(C)(OCc1ccc(C(=O)O)cc1)OCc1ccc(C(=O)O)cc1. The van der Waals surface area contributed by atoms with Gasteiger partial charge in [0.15, 0.2) is 0 Å². The van der Waals surface area contributed by atoms with E-state index in [9.17, 15) is 9.59 Å². The van der Waals surface area contributed by atoms with Gasteiger partial charge in [-0.15, -0.1) is 0 Å². The average molecular weight is 377 g/mol. The molecule has 0 aliphatic carbocycles. The minimum atomic E-state index is -2.45. The van der Waals surface area contributed by atoms with Crippen LogP contribution >= 0.6 is 7.51 Å². The van der Waals surface area contributed by atoms with Crippen molar-refractivity contribution in [2.24, 2.45) is 4.74 Å². The van der Waals surface area contributed by atoms with Gasteiger partial charge in [0.25, 0.3) is 0 Å². The molecule has 0 saturated heterocycles. The normalized spacial score (nSPS) is 11.2. The van der Waals surface area contributed by atoms with Crippen LogP contribution < -0.4 is 0 Å². The Labute approximate surface area is 151 Å². The third-order valence-corrected chi connectivity index (χ3v) is 5.65. The Morgan fingerprint density at radius 1 is 0.846 bits per heavy atom. The first-order valence-corrected chi connectivity index (χ1v) is 9.77. The number of aromatic carboxylic acids is 2. The maximum atomic E-state index is 10.9. The maximum absolute atomic E-state index is 10.9. The second-order valence-electron chi connectivity index (χ2n) is 5.55. The number of carbonyl (C=O) groups is 2. The fourth-order valence-corrected chi connectivity index (χ4v) is 3.11. The van der Waals surface area contributed by atoms with Crippen molar-refractivity contribution in [1.29, 1.82) is 0 Å². The van der Waals surface area contributed by atoms with E-state index in [1.807, 2.05) is 0 Å². The molecule has 7 nitrogen and oxygen atoms in total. The van der Waals surface area contributed by atoms with E-state index >= 15 is 0 Å². The maximum Gasteiger partial charge on any atom is 0.335 e. The molecular weight excluding hydrogens is 357 g/mol. The molecule has 26 heavy (non-hydrogen) atoms. The number of nitrogens with zero attached hydrogens (tertiary/aromatic N) is 1. The first-order valence-electron chi connectivity index (χ1n) is 7.74. The van der Waals surface area contributed by atoms with Crippen molar-refractivity contribution >= 4 is 19.4 Å². The lowest BCUT2D eigenvalue weighted by atomic mass is 10.1. The van der Waals surface area contributed by atoms with E-state index in [2.05, 4.69) is 4.74 Å². The molecule has 0 unspecified atom stereocenters. The summed E-state index contributed by atoms with van der Waals surface area (Å²) in [6.07, 6.45) is 0. The van der Waals surface area contributed by atoms with Crippen LogP contribution in [0.4, 0.5) is 0 Å². The Bertz CT molecular complexity index is 764. The van der Waals surface area contributed by atoms with Gasteiger partial charge in [0.2, 0.25) is 7.51 Å². The van der Waals surface area contributed by atoms with E-state index in [1.54, 1.807) is 38.0 Å². The molecule has 0 amide bonds. The Kier molecular flexibility index (Phi) is 6.69. The predicted octanol–water partition coefficient (Wildman–Crippen LogP) is 4.11. The quantitative estimate of drug-likeness (QED) is 0.671. The van der Waals surface area contributed by atoms with Crippen LogP contribution in [-0.2, 0) is 22.3 Å². The van der Waals surface area contributed by atoms with Gasteiger partial charge in [-0.05, 0) is 35.4 Å². The molecule has 0 fully saturated rings. The highest BCUT2D eigenvalue weighted by atomic mass is 31.2. The van der Waals surface area contributed by atoms with Crippen molar-refractivity contribution in [3.05, 3.63) is 70.8 Å². The number of hydrogen-bond acceptors (Lipinski definition) is 5. The standard InChI is InChI=1S/C18H20NO6P/c1-19-26(2,24-11-13-3-7-15(8-4-13)17(20)21)25-12-14-5-9-16(10-6-14)18(22)23/h3-10H,11-12H2,1-2H3,(H,20,21)(H,22,23). The van der Waals surface area contributed by atoms with Gasteiger partial charge in [-0.1, -0.05) is 24.3 Å². The number of rotatable bonds is 8. The largest absolute Gasteiger partial charge is 0.478 e. The van der Waals surface area contributed by atoms with Crippen LogP contribution in [0.3, 0.4) is 0 Å². The second kappa shape index (κ2) is 8.76. The molecule has 0 heterocycles.